The number of hydrogen-bond donors (Lipinski definition) is 1. The Morgan fingerprint density at radius 3 is 2.08 bits per heavy atom. The summed E-state index contributed by atoms with van der Waals surface area (Å²) in [5, 5.41) is 3.38. The summed E-state index contributed by atoms with van der Waals surface area (Å²) in [5.74, 6) is 3.30. The molecule has 1 aliphatic carbocycles. The van der Waals surface area contributed by atoms with E-state index >= 15 is 0 Å². The summed E-state index contributed by atoms with van der Waals surface area (Å²) in [6, 6.07) is 1.46. The molecule has 214 valence electrons. The summed E-state index contributed by atoms with van der Waals surface area (Å²) < 4.78 is 26.3. The number of carbonyl (C=O) groups is 1. The third-order valence-corrected chi connectivity index (χ3v) is 15.5. The number of fused-ring (bicyclic) bond motifs is 1. The van der Waals surface area contributed by atoms with E-state index in [4.69, 9.17) is 0 Å². The molecule has 0 saturated heterocycles. The van der Waals surface area contributed by atoms with E-state index in [0.29, 0.717) is 46.1 Å². The van der Waals surface area contributed by atoms with Crippen LogP contribution in [-0.4, -0.2) is 49.2 Å². The van der Waals surface area contributed by atoms with Gasteiger partial charge in [-0.2, -0.15) is 4.98 Å². The van der Waals surface area contributed by atoms with Crippen LogP contribution in [0.4, 0.5) is 0 Å². The first-order valence-corrected chi connectivity index (χ1v) is 18.2. The molecule has 0 radical (unpaired) electrons. The first kappa shape index (κ1) is 31.0. The lowest BCUT2D eigenvalue weighted by molar-refractivity contribution is -0.125. The van der Waals surface area contributed by atoms with E-state index in [2.05, 4.69) is 68.3 Å². The SMILES string of the molecule is CC(C)C(=O)NC1CCC(n2c(=O)cc(C#C[Si](C(C)C)(C(C)C)C(C)C)c3cnc(S(C)(=O)=O)nc32)CC1. The van der Waals surface area contributed by atoms with Crippen molar-refractivity contribution < 1.29 is 13.2 Å². The van der Waals surface area contributed by atoms with Crippen LogP contribution in [0.3, 0.4) is 0 Å². The Hall–Kier alpha value is -2.51. The van der Waals surface area contributed by atoms with Crippen LogP contribution in [0.15, 0.2) is 22.2 Å². The van der Waals surface area contributed by atoms with Crippen molar-refractivity contribution >= 4 is 34.9 Å². The molecule has 1 aliphatic rings. The fraction of sp³-hybridized carbons (Fsp3) is 0.655. The van der Waals surface area contributed by atoms with E-state index in [1.165, 1.54) is 6.20 Å². The number of aromatic nitrogens is 3. The molecule has 1 saturated carbocycles. The largest absolute Gasteiger partial charge is 0.353 e. The van der Waals surface area contributed by atoms with Crippen molar-refractivity contribution in [2.75, 3.05) is 6.26 Å². The Bertz CT molecular complexity index is 1420. The van der Waals surface area contributed by atoms with Crippen molar-refractivity contribution in [1.29, 1.82) is 0 Å². The molecule has 8 nitrogen and oxygen atoms in total. The molecule has 2 aromatic rings. The molecule has 1 amide bonds. The number of pyridine rings is 1. The van der Waals surface area contributed by atoms with Crippen LogP contribution in [-0.2, 0) is 14.6 Å². The maximum Gasteiger partial charge on any atom is 0.253 e. The minimum absolute atomic E-state index is 0.0262. The number of nitrogens with one attached hydrogen (secondary N) is 1. The highest BCUT2D eigenvalue weighted by atomic mass is 32.2. The van der Waals surface area contributed by atoms with Crippen LogP contribution >= 0.6 is 0 Å². The molecule has 10 heteroatoms. The Balaban J connectivity index is 2.15. The van der Waals surface area contributed by atoms with Gasteiger partial charge < -0.3 is 5.32 Å². The number of nitrogens with zero attached hydrogens (tertiary/aromatic N) is 3. The van der Waals surface area contributed by atoms with Gasteiger partial charge in [0, 0.05) is 42.1 Å². The second kappa shape index (κ2) is 11.9. The Morgan fingerprint density at radius 1 is 1.03 bits per heavy atom. The van der Waals surface area contributed by atoms with Crippen molar-refractivity contribution in [2.45, 2.75) is 115 Å². The molecule has 1 fully saturated rings. The normalized spacial score (nSPS) is 18.6. The summed E-state index contributed by atoms with van der Waals surface area (Å²) in [7, 11) is -5.75. The van der Waals surface area contributed by atoms with Crippen molar-refractivity contribution in [2.24, 2.45) is 5.92 Å². The fourth-order valence-corrected chi connectivity index (χ4v) is 11.9. The third kappa shape index (κ3) is 6.46. The smallest absolute Gasteiger partial charge is 0.253 e. The molecule has 0 aliphatic heterocycles. The Kier molecular flexibility index (Phi) is 9.49. The van der Waals surface area contributed by atoms with Crippen molar-refractivity contribution in [3.05, 3.63) is 28.2 Å². The number of hydrogen-bond acceptors (Lipinski definition) is 6. The molecule has 0 atom stereocenters. The number of rotatable bonds is 7. The zero-order valence-electron chi connectivity index (χ0n) is 24.8. The minimum Gasteiger partial charge on any atom is -0.353 e. The van der Waals surface area contributed by atoms with Gasteiger partial charge in [0.25, 0.3) is 5.56 Å². The predicted octanol–water partition coefficient (Wildman–Crippen LogP) is 5.02. The fourth-order valence-electron chi connectivity index (χ4n) is 6.20. The van der Waals surface area contributed by atoms with E-state index in [0.717, 1.165) is 19.1 Å². The minimum atomic E-state index is -3.68. The second-order valence-corrected chi connectivity index (χ2v) is 19.7. The van der Waals surface area contributed by atoms with Gasteiger partial charge in [-0.1, -0.05) is 61.3 Å². The number of amides is 1. The monoisotopic (exact) mass is 572 g/mol. The van der Waals surface area contributed by atoms with Crippen LogP contribution in [0.1, 0.15) is 92.7 Å². The molecule has 39 heavy (non-hydrogen) atoms. The summed E-state index contributed by atoms with van der Waals surface area (Å²) in [6.07, 6.45) is 5.37. The lowest BCUT2D eigenvalue weighted by atomic mass is 9.90. The zero-order chi connectivity index (χ0) is 29.3. The topological polar surface area (TPSA) is 111 Å². The molecule has 0 unspecified atom stereocenters. The molecule has 2 aromatic heterocycles. The van der Waals surface area contributed by atoms with E-state index in [1.54, 1.807) is 10.6 Å². The Morgan fingerprint density at radius 2 is 1.59 bits per heavy atom. The van der Waals surface area contributed by atoms with E-state index in [-0.39, 0.29) is 34.6 Å². The second-order valence-electron chi connectivity index (χ2n) is 12.2. The van der Waals surface area contributed by atoms with Crippen molar-refractivity contribution in [3.63, 3.8) is 0 Å². The highest BCUT2D eigenvalue weighted by Crippen LogP contribution is 2.41. The first-order valence-electron chi connectivity index (χ1n) is 14.0. The molecule has 3 rings (SSSR count). The van der Waals surface area contributed by atoms with Crippen molar-refractivity contribution in [3.8, 4) is 11.5 Å². The quantitative estimate of drug-likeness (QED) is 0.283. The summed E-state index contributed by atoms with van der Waals surface area (Å²) >= 11 is 0. The van der Waals surface area contributed by atoms with Gasteiger partial charge in [-0.3, -0.25) is 14.2 Å². The van der Waals surface area contributed by atoms with E-state index in [9.17, 15) is 18.0 Å². The zero-order valence-corrected chi connectivity index (χ0v) is 26.6. The summed E-state index contributed by atoms with van der Waals surface area (Å²) in [5.41, 5.74) is 5.56. The average Bonchev–Trinajstić information content (AvgIpc) is 2.83. The molecule has 0 bridgehead atoms. The van der Waals surface area contributed by atoms with Gasteiger partial charge in [0.2, 0.25) is 20.9 Å². The highest BCUT2D eigenvalue weighted by molar-refractivity contribution is 7.90. The van der Waals surface area contributed by atoms with Crippen LogP contribution in [0.5, 0.6) is 0 Å². The molecule has 0 aromatic carbocycles. The Labute approximate surface area is 234 Å². The van der Waals surface area contributed by atoms with E-state index < -0.39 is 17.9 Å². The molecule has 1 N–H and O–H groups in total. The van der Waals surface area contributed by atoms with Gasteiger partial charge in [0.1, 0.15) is 13.7 Å². The van der Waals surface area contributed by atoms with Gasteiger partial charge in [-0.25, -0.2) is 13.4 Å². The van der Waals surface area contributed by atoms with Gasteiger partial charge in [-0.05, 0) is 42.3 Å². The third-order valence-electron chi connectivity index (χ3n) is 8.31. The van der Waals surface area contributed by atoms with Crippen LogP contribution in [0, 0.1) is 17.4 Å². The van der Waals surface area contributed by atoms with Gasteiger partial charge in [-0.15, -0.1) is 5.54 Å². The van der Waals surface area contributed by atoms with Crippen LogP contribution in [0.25, 0.3) is 11.0 Å². The lowest BCUT2D eigenvalue weighted by Gasteiger charge is -2.38. The van der Waals surface area contributed by atoms with Gasteiger partial charge >= 0.3 is 0 Å². The summed E-state index contributed by atoms with van der Waals surface area (Å²) in [4.78, 5) is 34.4. The lowest BCUT2D eigenvalue weighted by Crippen LogP contribution is -2.43. The maximum absolute atomic E-state index is 13.6. The molecule has 2 heterocycles. The first-order chi connectivity index (χ1) is 18.1. The van der Waals surface area contributed by atoms with Crippen LogP contribution in [0.2, 0.25) is 16.6 Å². The molecular formula is C29H44N4O4SSi. The standard InChI is InChI=1S/C29H44N4O4SSi/c1-18(2)28(35)31-23-10-12-24(13-11-23)33-26(34)16-22(14-15-39(19(3)4,20(5)6)21(7)8)25-17-30-29(32-27(25)33)38(9,36)37/h16-21,23-24H,10-13H2,1-9H3,(H,31,35). The average molecular weight is 573 g/mol. The number of sulfone groups is 1. The maximum atomic E-state index is 13.6. The van der Waals surface area contributed by atoms with Crippen LogP contribution < -0.4 is 10.9 Å². The van der Waals surface area contributed by atoms with Gasteiger partial charge in [0.15, 0.2) is 0 Å². The molecular weight excluding hydrogens is 528 g/mol. The molecule has 0 spiro atoms. The number of carbonyl (C=O) groups excluding carboxylic acids is 1. The predicted molar refractivity (Wildman–Crippen MR) is 159 cm³/mol. The highest BCUT2D eigenvalue weighted by Gasteiger charge is 2.41. The summed E-state index contributed by atoms with van der Waals surface area (Å²) in [6.45, 7) is 17.1. The van der Waals surface area contributed by atoms with Crippen molar-refractivity contribution in [1.82, 2.24) is 19.9 Å². The van der Waals surface area contributed by atoms with E-state index in [1.807, 2.05) is 13.8 Å². The van der Waals surface area contributed by atoms with Gasteiger partial charge in [0.05, 0.1) is 5.39 Å².